The zero-order chi connectivity index (χ0) is 39.5. The Hall–Kier alpha value is -7.33. The molecule has 11 aromatic rings. The van der Waals surface area contributed by atoms with Crippen LogP contribution in [0.25, 0.3) is 110 Å². The van der Waals surface area contributed by atoms with Crippen molar-refractivity contribution in [3.8, 4) is 50.8 Å². The van der Waals surface area contributed by atoms with Crippen LogP contribution < -0.4 is 4.89 Å². The maximum atomic E-state index is 9.50. The van der Waals surface area contributed by atoms with Crippen LogP contribution in [-0.2, 0) is 4.67 Å². The topological polar surface area (TPSA) is 136 Å². The average Bonchev–Trinajstić information content (AvgIpc) is 3.30. The lowest BCUT2D eigenvalue weighted by atomic mass is 10.0. The molecule has 0 aliphatic heterocycles. The van der Waals surface area contributed by atoms with Crippen LogP contribution >= 0.6 is 8.60 Å². The van der Waals surface area contributed by atoms with Gasteiger partial charge in [0.15, 0.2) is 5.75 Å². The molecule has 10 nitrogen and oxygen atoms in total. The number of fused-ring (bicyclic) bond motifs is 9. The molecule has 11 rings (SSSR count). The van der Waals surface area contributed by atoms with Gasteiger partial charge in [0.25, 0.3) is 0 Å². The van der Waals surface area contributed by atoms with E-state index in [1.807, 2.05) is 84.9 Å². The first-order valence-electron chi connectivity index (χ1n) is 18.8. The van der Waals surface area contributed by atoms with Crippen LogP contribution in [0.1, 0.15) is 0 Å². The molecule has 0 saturated heterocycles. The van der Waals surface area contributed by atoms with Gasteiger partial charge in [-0.25, -0.2) is 19.9 Å². The van der Waals surface area contributed by atoms with E-state index in [-0.39, 0.29) is 5.75 Å². The second-order valence-electron chi connectivity index (χ2n) is 14.2. The normalized spacial score (nSPS) is 11.8. The molecule has 0 radical (unpaired) electrons. The predicted molar refractivity (Wildman–Crippen MR) is 233 cm³/mol. The zero-order valence-electron chi connectivity index (χ0n) is 30.9. The molecular weight excluding hydrogens is 756 g/mol. The Bertz CT molecular complexity index is 3470. The van der Waals surface area contributed by atoms with Crippen LogP contribution in [0.3, 0.4) is 0 Å². The summed E-state index contributed by atoms with van der Waals surface area (Å²) in [5.41, 5.74) is 11.1. The van der Waals surface area contributed by atoms with Gasteiger partial charge in [0.05, 0.1) is 55.9 Å². The van der Waals surface area contributed by atoms with Gasteiger partial charge in [-0.15, -0.1) is 4.67 Å². The molecular formula is C48H29N6O4P. The van der Waals surface area contributed by atoms with E-state index in [2.05, 4.69) is 64.6 Å². The van der Waals surface area contributed by atoms with Gasteiger partial charge in [0.2, 0.25) is 0 Å². The first-order chi connectivity index (χ1) is 29.0. The van der Waals surface area contributed by atoms with Gasteiger partial charge in [-0.05, 0) is 60.7 Å². The fourth-order valence-corrected chi connectivity index (χ4v) is 7.87. The molecule has 0 aliphatic rings. The lowest BCUT2D eigenvalue weighted by Crippen LogP contribution is -1.95. The van der Waals surface area contributed by atoms with Gasteiger partial charge in [-0.3, -0.25) is 9.97 Å². The standard InChI is InChI=1S/C48H29N6O4P/c55-59(56)58-57-38-26-36(41-20-16-31-11-9-29-7-3-23-50-44(29)46(31)53-41)25-37(27-38)42-21-17-33-13-12-32-15-19-40(52-47(32)48(33)54-42)35-5-1-4-34(24-35)39-18-14-30-10-8-28-6-2-22-49-43(28)45(30)51-39/h1-27,55-56H. The number of aromatic nitrogens is 6. The highest BCUT2D eigenvalue weighted by molar-refractivity contribution is 7.39. The van der Waals surface area contributed by atoms with Crippen LogP contribution in [-0.4, -0.2) is 39.7 Å². The van der Waals surface area contributed by atoms with Gasteiger partial charge < -0.3 is 14.7 Å². The first kappa shape index (κ1) is 34.9. The number of rotatable bonds is 7. The Morgan fingerprint density at radius 1 is 0.356 bits per heavy atom. The highest BCUT2D eigenvalue weighted by atomic mass is 31.2. The monoisotopic (exact) mass is 784 g/mol. The minimum Gasteiger partial charge on any atom is -0.329 e. The van der Waals surface area contributed by atoms with E-state index in [9.17, 15) is 9.79 Å². The van der Waals surface area contributed by atoms with Crippen LogP contribution in [0, 0.1) is 0 Å². The van der Waals surface area contributed by atoms with Crippen molar-refractivity contribution in [3.63, 3.8) is 0 Å². The summed E-state index contributed by atoms with van der Waals surface area (Å²) in [6.45, 7) is 0. The average molecular weight is 785 g/mol. The van der Waals surface area contributed by atoms with Gasteiger partial charge in [0.1, 0.15) is 0 Å². The van der Waals surface area contributed by atoms with E-state index in [1.165, 1.54) is 0 Å². The fraction of sp³-hybridized carbons (Fsp3) is 0. The molecule has 6 aromatic heterocycles. The van der Waals surface area contributed by atoms with Gasteiger partial charge in [-0.2, -0.15) is 0 Å². The maximum absolute atomic E-state index is 9.50. The van der Waals surface area contributed by atoms with E-state index in [4.69, 9.17) is 29.5 Å². The van der Waals surface area contributed by atoms with E-state index in [0.29, 0.717) is 22.5 Å². The Kier molecular flexibility index (Phi) is 8.42. The molecule has 0 unspecified atom stereocenters. The Morgan fingerprint density at radius 3 is 1.14 bits per heavy atom. The third kappa shape index (κ3) is 6.43. The van der Waals surface area contributed by atoms with Crippen molar-refractivity contribution in [3.05, 3.63) is 164 Å². The summed E-state index contributed by atoms with van der Waals surface area (Å²) in [6.07, 6.45) is 3.56. The SMILES string of the molecule is OP(O)OOc1cc(-c2ccc3ccc4cccnc4c3n2)cc(-c2ccc3ccc4ccc(-c5cccc(-c6ccc7ccc8cccnc8c7n6)c5)nc4c3n2)c1. The number of pyridine rings is 6. The van der Waals surface area contributed by atoms with E-state index >= 15 is 0 Å². The molecule has 6 heterocycles. The quantitative estimate of drug-likeness (QED) is 0.0695. The van der Waals surface area contributed by atoms with Crippen molar-refractivity contribution >= 4 is 74.0 Å². The second kappa shape index (κ2) is 14.2. The molecule has 0 bridgehead atoms. The minimum absolute atomic E-state index is 0.247. The molecule has 5 aromatic carbocycles. The molecule has 280 valence electrons. The minimum atomic E-state index is -2.77. The molecule has 0 fully saturated rings. The predicted octanol–water partition coefficient (Wildman–Crippen LogP) is 11.2. The summed E-state index contributed by atoms with van der Waals surface area (Å²) in [4.78, 5) is 54.2. The van der Waals surface area contributed by atoms with Crippen molar-refractivity contribution in [2.24, 2.45) is 0 Å². The van der Waals surface area contributed by atoms with Gasteiger partial charge in [0, 0.05) is 67.0 Å². The van der Waals surface area contributed by atoms with E-state index in [1.54, 1.807) is 24.5 Å². The van der Waals surface area contributed by atoms with Gasteiger partial charge in [-0.1, -0.05) is 91.0 Å². The zero-order valence-corrected chi connectivity index (χ0v) is 31.8. The third-order valence-corrected chi connectivity index (χ3v) is 10.7. The molecule has 0 atom stereocenters. The lowest BCUT2D eigenvalue weighted by molar-refractivity contribution is -0.109. The smallest absolute Gasteiger partial charge is 0.329 e. The highest BCUT2D eigenvalue weighted by Gasteiger charge is 2.15. The third-order valence-electron chi connectivity index (χ3n) is 10.5. The van der Waals surface area contributed by atoms with Crippen LogP contribution in [0.5, 0.6) is 5.75 Å². The summed E-state index contributed by atoms with van der Waals surface area (Å²) < 4.78 is 4.80. The maximum Gasteiger partial charge on any atom is 0.370 e. The second-order valence-corrected chi connectivity index (χ2v) is 14.8. The Morgan fingerprint density at radius 2 is 0.712 bits per heavy atom. The molecule has 11 heteroatoms. The van der Waals surface area contributed by atoms with E-state index in [0.717, 1.165) is 87.9 Å². The van der Waals surface area contributed by atoms with Crippen LogP contribution in [0.15, 0.2) is 164 Å². The number of nitrogens with zero attached hydrogens (tertiary/aromatic N) is 6. The summed E-state index contributed by atoms with van der Waals surface area (Å²) in [5, 5.41) is 5.91. The number of benzene rings is 5. The first-order valence-corrected chi connectivity index (χ1v) is 20.0. The summed E-state index contributed by atoms with van der Waals surface area (Å²) in [5.74, 6) is 0.247. The molecule has 59 heavy (non-hydrogen) atoms. The highest BCUT2D eigenvalue weighted by Crippen LogP contribution is 2.36. The largest absolute Gasteiger partial charge is 0.370 e. The summed E-state index contributed by atoms with van der Waals surface area (Å²) in [6, 6.07) is 50.1. The molecule has 0 amide bonds. The van der Waals surface area contributed by atoms with Crippen molar-refractivity contribution in [1.29, 1.82) is 0 Å². The Balaban J connectivity index is 1.01. The summed E-state index contributed by atoms with van der Waals surface area (Å²) >= 11 is 0. The van der Waals surface area contributed by atoms with Gasteiger partial charge >= 0.3 is 8.60 Å². The molecule has 0 aliphatic carbocycles. The van der Waals surface area contributed by atoms with Crippen LogP contribution in [0.2, 0.25) is 0 Å². The summed E-state index contributed by atoms with van der Waals surface area (Å²) in [7, 11) is -2.77. The number of hydrogen-bond acceptors (Lipinski definition) is 10. The lowest BCUT2D eigenvalue weighted by Gasteiger charge is -2.12. The van der Waals surface area contributed by atoms with Crippen molar-refractivity contribution in [2.75, 3.05) is 0 Å². The molecule has 0 spiro atoms. The molecule has 0 saturated carbocycles. The fourth-order valence-electron chi connectivity index (χ4n) is 7.72. The van der Waals surface area contributed by atoms with Crippen molar-refractivity contribution in [1.82, 2.24) is 29.9 Å². The van der Waals surface area contributed by atoms with Crippen LogP contribution in [0.4, 0.5) is 0 Å². The van der Waals surface area contributed by atoms with Crippen molar-refractivity contribution < 1.29 is 19.3 Å². The number of hydrogen-bond donors (Lipinski definition) is 2. The Labute approximate surface area is 337 Å². The van der Waals surface area contributed by atoms with Crippen molar-refractivity contribution in [2.45, 2.75) is 0 Å². The molecule has 2 N–H and O–H groups in total. The van der Waals surface area contributed by atoms with E-state index < -0.39 is 8.60 Å².